The zero-order valence-corrected chi connectivity index (χ0v) is 20.1. The third kappa shape index (κ3) is 9.24. The lowest BCUT2D eigenvalue weighted by Crippen LogP contribution is -2.49. The van der Waals surface area contributed by atoms with E-state index in [1.54, 1.807) is 29.4 Å². The van der Waals surface area contributed by atoms with Crippen molar-refractivity contribution in [3.05, 3.63) is 77.7 Å². The van der Waals surface area contributed by atoms with E-state index in [9.17, 15) is 18.0 Å². The fourth-order valence-electron chi connectivity index (χ4n) is 3.27. The number of amides is 2. The van der Waals surface area contributed by atoms with Gasteiger partial charge < -0.3 is 14.7 Å². The van der Waals surface area contributed by atoms with E-state index in [0.717, 1.165) is 31.1 Å². The summed E-state index contributed by atoms with van der Waals surface area (Å²) in [4.78, 5) is 33.4. The van der Waals surface area contributed by atoms with Crippen LogP contribution in [0.25, 0.3) is 0 Å². The summed E-state index contributed by atoms with van der Waals surface area (Å²) in [6.07, 6.45) is -0.421. The fourth-order valence-corrected chi connectivity index (χ4v) is 3.39. The zero-order valence-electron chi connectivity index (χ0n) is 19.4. The molecule has 1 fully saturated rings. The van der Waals surface area contributed by atoms with Gasteiger partial charge in [0.15, 0.2) is 5.82 Å². The van der Waals surface area contributed by atoms with Crippen LogP contribution in [0.2, 0.25) is 5.02 Å². The number of rotatable bonds is 5. The minimum atomic E-state index is -5.08. The largest absolute Gasteiger partial charge is 0.490 e. The number of urea groups is 1. The molecule has 4 rings (SSSR count). The van der Waals surface area contributed by atoms with Crippen molar-refractivity contribution in [2.45, 2.75) is 12.7 Å². The van der Waals surface area contributed by atoms with Crippen molar-refractivity contribution in [2.75, 3.05) is 31.5 Å². The number of carboxylic acids is 1. The minimum Gasteiger partial charge on any atom is -0.475 e. The molecule has 0 unspecified atom stereocenters. The highest BCUT2D eigenvalue weighted by Crippen LogP contribution is 2.24. The van der Waals surface area contributed by atoms with Gasteiger partial charge in [0.25, 0.3) is 0 Å². The van der Waals surface area contributed by atoms with Gasteiger partial charge in [0.05, 0.1) is 6.20 Å². The molecule has 2 heterocycles. The average molecular weight is 538 g/mol. The number of anilines is 1. The number of ether oxygens (including phenoxy) is 1. The molecule has 0 spiro atoms. The number of carboxylic acid groups (broad SMARTS) is 1. The van der Waals surface area contributed by atoms with Crippen molar-refractivity contribution in [1.82, 2.24) is 19.8 Å². The number of halogens is 4. The van der Waals surface area contributed by atoms with Crippen LogP contribution >= 0.6 is 11.6 Å². The summed E-state index contributed by atoms with van der Waals surface area (Å²) < 4.78 is 37.7. The SMILES string of the molecule is O=C(Nc1cnccn1)N1CCN(Cc2cccc(Oc3ccc(Cl)cc3)c2)CC1.O=C(O)C(F)(F)F. The highest BCUT2D eigenvalue weighted by atomic mass is 35.5. The van der Waals surface area contributed by atoms with Crippen LogP contribution in [0.3, 0.4) is 0 Å². The molecule has 0 radical (unpaired) electrons. The molecule has 37 heavy (non-hydrogen) atoms. The highest BCUT2D eigenvalue weighted by molar-refractivity contribution is 6.30. The van der Waals surface area contributed by atoms with E-state index in [-0.39, 0.29) is 6.03 Å². The van der Waals surface area contributed by atoms with Gasteiger partial charge in [-0.15, -0.1) is 0 Å². The van der Waals surface area contributed by atoms with Crippen molar-refractivity contribution in [3.8, 4) is 11.5 Å². The molecule has 2 aromatic carbocycles. The monoisotopic (exact) mass is 537 g/mol. The van der Waals surface area contributed by atoms with E-state index in [1.807, 2.05) is 30.3 Å². The number of aliphatic carboxylic acids is 1. The second kappa shape index (κ2) is 12.9. The smallest absolute Gasteiger partial charge is 0.475 e. The van der Waals surface area contributed by atoms with Gasteiger partial charge in [-0.3, -0.25) is 15.2 Å². The molecule has 13 heteroatoms. The summed E-state index contributed by atoms with van der Waals surface area (Å²) >= 11 is 5.92. The third-order valence-corrected chi connectivity index (χ3v) is 5.31. The van der Waals surface area contributed by atoms with Gasteiger partial charge in [-0.2, -0.15) is 13.2 Å². The van der Waals surface area contributed by atoms with Crippen LogP contribution < -0.4 is 10.1 Å². The first-order chi connectivity index (χ1) is 17.6. The molecule has 0 aliphatic carbocycles. The van der Waals surface area contributed by atoms with Crippen LogP contribution in [0.1, 0.15) is 5.56 Å². The van der Waals surface area contributed by atoms with Crippen molar-refractivity contribution >= 4 is 29.4 Å². The Morgan fingerprint density at radius 2 is 1.70 bits per heavy atom. The first-order valence-corrected chi connectivity index (χ1v) is 11.3. The molecule has 196 valence electrons. The quantitative estimate of drug-likeness (QED) is 0.476. The number of carbonyl (C=O) groups is 2. The number of nitrogens with zero attached hydrogens (tertiary/aromatic N) is 4. The summed E-state index contributed by atoms with van der Waals surface area (Å²) in [5, 5.41) is 10.6. The van der Waals surface area contributed by atoms with E-state index < -0.39 is 12.1 Å². The number of piperazine rings is 1. The van der Waals surface area contributed by atoms with E-state index in [4.69, 9.17) is 26.2 Å². The Morgan fingerprint density at radius 1 is 1.03 bits per heavy atom. The molecule has 1 aliphatic heterocycles. The molecular weight excluding hydrogens is 515 g/mol. The topological polar surface area (TPSA) is 108 Å². The molecule has 0 bridgehead atoms. The second-order valence-corrected chi connectivity index (χ2v) is 8.23. The molecule has 0 atom stereocenters. The van der Waals surface area contributed by atoms with Crippen LogP contribution in [0, 0.1) is 0 Å². The minimum absolute atomic E-state index is 0.145. The predicted octanol–water partition coefficient (Wildman–Crippen LogP) is 4.91. The number of hydrogen-bond acceptors (Lipinski definition) is 6. The number of benzene rings is 2. The van der Waals surface area contributed by atoms with E-state index >= 15 is 0 Å². The number of aromatic nitrogens is 2. The Balaban J connectivity index is 0.000000479. The van der Waals surface area contributed by atoms with Crippen molar-refractivity contribution < 1.29 is 32.6 Å². The Labute approximate surface area is 215 Å². The van der Waals surface area contributed by atoms with Crippen LogP contribution in [0.4, 0.5) is 23.8 Å². The number of nitrogens with one attached hydrogen (secondary N) is 1. The van der Waals surface area contributed by atoms with Crippen LogP contribution in [0.5, 0.6) is 11.5 Å². The Kier molecular flexibility index (Phi) is 9.64. The van der Waals surface area contributed by atoms with Gasteiger partial charge in [-0.05, 0) is 42.0 Å². The Bertz CT molecular complexity index is 1180. The van der Waals surface area contributed by atoms with E-state index in [0.29, 0.717) is 23.9 Å². The van der Waals surface area contributed by atoms with E-state index in [1.165, 1.54) is 11.8 Å². The van der Waals surface area contributed by atoms with Gasteiger partial charge >= 0.3 is 18.2 Å². The lowest BCUT2D eigenvalue weighted by atomic mass is 10.2. The lowest BCUT2D eigenvalue weighted by molar-refractivity contribution is -0.192. The van der Waals surface area contributed by atoms with Crippen molar-refractivity contribution in [3.63, 3.8) is 0 Å². The van der Waals surface area contributed by atoms with Crippen molar-refractivity contribution in [2.24, 2.45) is 0 Å². The Morgan fingerprint density at radius 3 is 2.30 bits per heavy atom. The van der Waals surface area contributed by atoms with Crippen LogP contribution in [-0.2, 0) is 11.3 Å². The average Bonchev–Trinajstić information content (AvgIpc) is 2.86. The molecule has 1 saturated heterocycles. The highest BCUT2D eigenvalue weighted by Gasteiger charge is 2.38. The van der Waals surface area contributed by atoms with Crippen LogP contribution in [0.15, 0.2) is 67.1 Å². The summed E-state index contributed by atoms with van der Waals surface area (Å²) in [6, 6.07) is 15.2. The standard InChI is InChI=1S/C22H22ClN5O2.C2HF3O2/c23-18-4-6-19(7-5-18)30-20-3-1-2-17(14-20)16-27-10-12-28(13-11-27)22(29)26-21-15-24-8-9-25-21;3-2(4,5)1(6)7/h1-9,14-15H,10-13,16H2,(H,25,26,29);(H,6,7). The van der Waals surface area contributed by atoms with Gasteiger partial charge in [0.2, 0.25) is 0 Å². The summed E-state index contributed by atoms with van der Waals surface area (Å²) in [6.45, 7) is 3.73. The molecule has 0 saturated carbocycles. The van der Waals surface area contributed by atoms with Crippen LogP contribution in [-0.4, -0.2) is 69.2 Å². The van der Waals surface area contributed by atoms with Gasteiger partial charge in [0.1, 0.15) is 11.5 Å². The molecule has 1 aromatic heterocycles. The maximum atomic E-state index is 12.4. The maximum absolute atomic E-state index is 12.4. The van der Waals surface area contributed by atoms with Gasteiger partial charge in [-0.25, -0.2) is 14.6 Å². The van der Waals surface area contributed by atoms with Gasteiger partial charge in [-0.1, -0.05) is 23.7 Å². The van der Waals surface area contributed by atoms with E-state index in [2.05, 4.69) is 26.3 Å². The normalized spacial score (nSPS) is 13.8. The number of hydrogen-bond donors (Lipinski definition) is 2. The lowest BCUT2D eigenvalue weighted by Gasteiger charge is -2.34. The fraction of sp³-hybridized carbons (Fsp3) is 0.250. The summed E-state index contributed by atoms with van der Waals surface area (Å²) in [7, 11) is 0. The molecule has 1 aliphatic rings. The predicted molar refractivity (Wildman–Crippen MR) is 130 cm³/mol. The second-order valence-electron chi connectivity index (χ2n) is 7.79. The van der Waals surface area contributed by atoms with Crippen molar-refractivity contribution in [1.29, 1.82) is 0 Å². The summed E-state index contributed by atoms with van der Waals surface area (Å²) in [5.41, 5.74) is 1.17. The summed E-state index contributed by atoms with van der Waals surface area (Å²) in [5.74, 6) is -0.758. The maximum Gasteiger partial charge on any atom is 0.490 e. The number of alkyl halides is 3. The molecule has 2 amide bonds. The third-order valence-electron chi connectivity index (χ3n) is 5.05. The molecular formula is C24H23ClF3N5O4. The molecule has 3 aromatic rings. The first kappa shape index (κ1) is 27.7. The zero-order chi connectivity index (χ0) is 26.8. The number of carbonyl (C=O) groups excluding carboxylic acids is 1. The molecule has 9 nitrogen and oxygen atoms in total. The van der Waals surface area contributed by atoms with Gasteiger partial charge in [0, 0.05) is 50.1 Å². The molecule has 2 N–H and O–H groups in total. The Hall–Kier alpha value is -3.90. The first-order valence-electron chi connectivity index (χ1n) is 11.0.